The molecule has 0 saturated carbocycles. The second-order valence-electron chi connectivity index (χ2n) is 5.83. The Morgan fingerprint density at radius 2 is 2.09 bits per heavy atom. The van der Waals surface area contributed by atoms with Gasteiger partial charge >= 0.3 is 0 Å². The van der Waals surface area contributed by atoms with Gasteiger partial charge in [-0.1, -0.05) is 0 Å². The molecule has 1 heterocycles. The molecule has 0 bridgehead atoms. The molecule has 0 saturated heterocycles. The van der Waals surface area contributed by atoms with Gasteiger partial charge in [0.15, 0.2) is 0 Å². The van der Waals surface area contributed by atoms with Gasteiger partial charge in [-0.05, 0) is 55.1 Å². The lowest BCUT2D eigenvalue weighted by Crippen LogP contribution is -2.40. The maximum Gasteiger partial charge on any atom is 0.284 e. The number of hydrogen-bond acceptors (Lipinski definition) is 7. The van der Waals surface area contributed by atoms with Crippen LogP contribution in [-0.2, 0) is 7.05 Å². The van der Waals surface area contributed by atoms with E-state index in [4.69, 9.17) is 0 Å². The number of aryl methyl sites for hydroxylation is 1. The largest absolute Gasteiger partial charge is 0.347 e. The van der Waals surface area contributed by atoms with E-state index in [1.165, 1.54) is 16.8 Å². The van der Waals surface area contributed by atoms with Crippen molar-refractivity contribution in [2.24, 2.45) is 7.05 Å². The first-order chi connectivity index (χ1) is 10.7. The number of benzene rings is 1. The topological polar surface area (TPSA) is 116 Å². The van der Waals surface area contributed by atoms with Crippen molar-refractivity contribution < 1.29 is 9.72 Å². The lowest BCUT2D eigenvalue weighted by molar-refractivity contribution is -0.387. The second-order valence-corrected chi connectivity index (χ2v) is 6.84. The number of carbonyl (C=O) groups is 1. The number of nitro groups is 1. The van der Waals surface area contributed by atoms with Crippen molar-refractivity contribution in [1.29, 1.82) is 0 Å². The summed E-state index contributed by atoms with van der Waals surface area (Å²) in [5.41, 5.74) is -0.365. The summed E-state index contributed by atoms with van der Waals surface area (Å²) in [5.74, 6) is -0.363. The standard InChI is InChI=1S/C13H16N6O3S/c1-13(2,3)14-11(20)8-5-6-10(9(7-8)19(21)22)23-12-15-16-17-18(12)4/h5-7H,1-4H3,(H,14,20). The third-order valence-electron chi connectivity index (χ3n) is 2.69. The summed E-state index contributed by atoms with van der Waals surface area (Å²) in [6.07, 6.45) is 0. The molecule has 1 aromatic carbocycles. The first-order valence-corrected chi connectivity index (χ1v) is 7.50. The Bertz CT molecular complexity index is 752. The molecule has 0 fully saturated rings. The van der Waals surface area contributed by atoms with Crippen LogP contribution in [0.3, 0.4) is 0 Å². The van der Waals surface area contributed by atoms with Gasteiger partial charge in [0, 0.05) is 24.2 Å². The van der Waals surface area contributed by atoms with E-state index in [9.17, 15) is 14.9 Å². The predicted molar refractivity (Wildman–Crippen MR) is 83.2 cm³/mol. The molecule has 0 aliphatic heterocycles. The maximum absolute atomic E-state index is 12.1. The number of carbonyl (C=O) groups excluding carboxylic acids is 1. The zero-order valence-corrected chi connectivity index (χ0v) is 13.9. The lowest BCUT2D eigenvalue weighted by atomic mass is 10.1. The van der Waals surface area contributed by atoms with Gasteiger partial charge in [-0.25, -0.2) is 4.68 Å². The van der Waals surface area contributed by atoms with Crippen LogP contribution >= 0.6 is 11.8 Å². The predicted octanol–water partition coefficient (Wildman–Crippen LogP) is 1.80. The first-order valence-electron chi connectivity index (χ1n) is 6.68. The van der Waals surface area contributed by atoms with E-state index >= 15 is 0 Å². The molecular weight excluding hydrogens is 320 g/mol. The lowest BCUT2D eigenvalue weighted by Gasteiger charge is -2.20. The zero-order chi connectivity index (χ0) is 17.2. The van der Waals surface area contributed by atoms with Crippen molar-refractivity contribution in [3.8, 4) is 0 Å². The van der Waals surface area contributed by atoms with Gasteiger partial charge in [0.25, 0.3) is 11.6 Å². The van der Waals surface area contributed by atoms with E-state index in [1.54, 1.807) is 13.1 Å². The van der Waals surface area contributed by atoms with Crippen LogP contribution < -0.4 is 5.32 Å². The van der Waals surface area contributed by atoms with E-state index in [1.807, 2.05) is 20.8 Å². The van der Waals surface area contributed by atoms with Crippen LogP contribution in [0.4, 0.5) is 5.69 Å². The summed E-state index contributed by atoms with van der Waals surface area (Å²) >= 11 is 1.06. The fourth-order valence-electron chi connectivity index (χ4n) is 1.71. The molecule has 122 valence electrons. The smallest absolute Gasteiger partial charge is 0.284 e. The van der Waals surface area contributed by atoms with E-state index in [0.29, 0.717) is 10.1 Å². The monoisotopic (exact) mass is 336 g/mol. The SMILES string of the molecule is Cn1nnnc1Sc1ccc(C(=O)NC(C)(C)C)cc1[N+](=O)[O-]. The van der Waals surface area contributed by atoms with E-state index in [-0.39, 0.29) is 17.2 Å². The molecule has 1 amide bonds. The van der Waals surface area contributed by atoms with Crippen molar-refractivity contribution in [2.45, 2.75) is 36.4 Å². The van der Waals surface area contributed by atoms with Gasteiger partial charge < -0.3 is 5.32 Å². The summed E-state index contributed by atoms with van der Waals surface area (Å²) in [6, 6.07) is 4.32. The Kier molecular flexibility index (Phi) is 4.64. The average molecular weight is 336 g/mol. The van der Waals surface area contributed by atoms with Crippen LogP contribution in [0.25, 0.3) is 0 Å². The van der Waals surface area contributed by atoms with Gasteiger partial charge in [-0.3, -0.25) is 14.9 Å². The van der Waals surface area contributed by atoms with Crippen LogP contribution in [0.5, 0.6) is 0 Å². The number of nitro benzene ring substituents is 1. The van der Waals surface area contributed by atoms with Gasteiger partial charge in [-0.2, -0.15) is 0 Å². The van der Waals surface area contributed by atoms with Crippen molar-refractivity contribution in [3.63, 3.8) is 0 Å². The van der Waals surface area contributed by atoms with Crippen molar-refractivity contribution in [3.05, 3.63) is 33.9 Å². The maximum atomic E-state index is 12.1. The number of nitrogens with one attached hydrogen (secondary N) is 1. The molecule has 0 aliphatic carbocycles. The number of nitrogens with zero attached hydrogens (tertiary/aromatic N) is 5. The summed E-state index contributed by atoms with van der Waals surface area (Å²) in [7, 11) is 1.64. The normalized spacial score (nSPS) is 11.3. The second kappa shape index (κ2) is 6.32. The molecule has 2 aromatic rings. The van der Waals surface area contributed by atoms with Gasteiger partial charge in [-0.15, -0.1) is 5.10 Å². The van der Waals surface area contributed by atoms with Crippen LogP contribution in [0, 0.1) is 10.1 Å². The highest BCUT2D eigenvalue weighted by Crippen LogP contribution is 2.33. The molecule has 0 atom stereocenters. The van der Waals surface area contributed by atoms with Gasteiger partial charge in [0.1, 0.15) is 0 Å². The number of tetrazole rings is 1. The summed E-state index contributed by atoms with van der Waals surface area (Å²) in [5, 5.41) is 25.4. The van der Waals surface area contributed by atoms with Crippen LogP contribution in [0.15, 0.2) is 28.3 Å². The number of hydrogen-bond donors (Lipinski definition) is 1. The van der Waals surface area contributed by atoms with Crippen LogP contribution in [0.2, 0.25) is 0 Å². The van der Waals surface area contributed by atoms with Crippen LogP contribution in [-0.4, -0.2) is 36.6 Å². The van der Waals surface area contributed by atoms with Crippen molar-refractivity contribution >= 4 is 23.4 Å². The molecule has 0 unspecified atom stereocenters. The summed E-state index contributed by atoms with van der Waals surface area (Å²) in [6.45, 7) is 5.51. The summed E-state index contributed by atoms with van der Waals surface area (Å²) < 4.78 is 1.41. The Balaban J connectivity index is 2.33. The third-order valence-corrected chi connectivity index (χ3v) is 3.78. The highest BCUT2D eigenvalue weighted by atomic mass is 32.2. The fraction of sp³-hybridized carbons (Fsp3) is 0.385. The van der Waals surface area contributed by atoms with Crippen LogP contribution in [0.1, 0.15) is 31.1 Å². The number of aromatic nitrogens is 4. The third kappa shape index (κ3) is 4.25. The van der Waals surface area contributed by atoms with Gasteiger partial charge in [0.2, 0.25) is 5.16 Å². The molecule has 1 N–H and O–H groups in total. The van der Waals surface area contributed by atoms with Crippen molar-refractivity contribution in [2.75, 3.05) is 0 Å². The highest BCUT2D eigenvalue weighted by molar-refractivity contribution is 7.99. The number of amides is 1. The van der Waals surface area contributed by atoms with Crippen molar-refractivity contribution in [1.82, 2.24) is 25.5 Å². The molecule has 1 aromatic heterocycles. The molecule has 10 heteroatoms. The van der Waals surface area contributed by atoms with E-state index in [2.05, 4.69) is 20.8 Å². The van der Waals surface area contributed by atoms with E-state index in [0.717, 1.165) is 11.8 Å². The van der Waals surface area contributed by atoms with E-state index < -0.39 is 10.5 Å². The molecular formula is C13H16N6O3S. The minimum Gasteiger partial charge on any atom is -0.347 e. The Labute approximate surface area is 136 Å². The Morgan fingerprint density at radius 3 is 2.61 bits per heavy atom. The minimum atomic E-state index is -0.528. The number of rotatable bonds is 4. The minimum absolute atomic E-state index is 0.167. The quantitative estimate of drug-likeness (QED) is 0.668. The van der Waals surface area contributed by atoms with Gasteiger partial charge in [0.05, 0.1) is 9.82 Å². The Morgan fingerprint density at radius 1 is 1.39 bits per heavy atom. The average Bonchev–Trinajstić information content (AvgIpc) is 2.82. The molecule has 23 heavy (non-hydrogen) atoms. The molecule has 9 nitrogen and oxygen atoms in total. The highest BCUT2D eigenvalue weighted by Gasteiger charge is 2.22. The molecule has 0 aliphatic rings. The first kappa shape index (κ1) is 16.9. The Hall–Kier alpha value is -2.49. The fourth-order valence-corrected chi connectivity index (χ4v) is 2.52. The molecule has 0 radical (unpaired) electrons. The molecule has 2 rings (SSSR count). The zero-order valence-electron chi connectivity index (χ0n) is 13.1. The summed E-state index contributed by atoms with van der Waals surface area (Å²) in [4.78, 5) is 23.3. The molecule has 0 spiro atoms.